The molecule has 0 fully saturated rings. The van der Waals surface area contributed by atoms with Gasteiger partial charge < -0.3 is 5.32 Å². The predicted molar refractivity (Wildman–Crippen MR) is 69.9 cm³/mol. The molecule has 0 atom stereocenters. The predicted octanol–water partition coefficient (Wildman–Crippen LogP) is 2.82. The molecule has 0 unspecified atom stereocenters. The van der Waals surface area contributed by atoms with E-state index < -0.39 is 0 Å². The molecule has 0 spiro atoms. The number of hydrogen-bond acceptors (Lipinski definition) is 5. The van der Waals surface area contributed by atoms with E-state index in [9.17, 15) is 0 Å². The summed E-state index contributed by atoms with van der Waals surface area (Å²) >= 11 is 5.84. The Kier molecular flexibility index (Phi) is 2.74. The minimum absolute atomic E-state index is 0.643. The van der Waals surface area contributed by atoms with Gasteiger partial charge in [0.05, 0.1) is 6.20 Å². The smallest absolute Gasteiger partial charge is 0.160 e. The van der Waals surface area contributed by atoms with Crippen molar-refractivity contribution in [1.29, 1.82) is 0 Å². The molecular weight excluding hydrogens is 250 g/mol. The van der Waals surface area contributed by atoms with Crippen LogP contribution in [0.2, 0.25) is 5.02 Å². The van der Waals surface area contributed by atoms with Crippen LogP contribution in [-0.4, -0.2) is 19.9 Å². The van der Waals surface area contributed by atoms with Crippen molar-refractivity contribution in [1.82, 2.24) is 19.9 Å². The van der Waals surface area contributed by atoms with Crippen LogP contribution in [0, 0.1) is 0 Å². The molecular formula is C12H8ClN5. The lowest BCUT2D eigenvalue weighted by atomic mass is 10.3. The standard InChI is InChI=1S/C12H8ClN5/c13-8-1-3-9(4-2-8)18-12-11-10(15-7-17-12)5-14-6-16-11/h1-7H,(H,15,17,18). The van der Waals surface area contributed by atoms with Crippen molar-refractivity contribution in [3.05, 3.63) is 48.1 Å². The summed E-state index contributed by atoms with van der Waals surface area (Å²) in [5.74, 6) is 0.643. The average molecular weight is 258 g/mol. The lowest BCUT2D eigenvalue weighted by molar-refractivity contribution is 1.15. The van der Waals surface area contributed by atoms with Gasteiger partial charge in [-0.15, -0.1) is 0 Å². The molecule has 6 heteroatoms. The Labute approximate surface area is 108 Å². The number of nitrogens with one attached hydrogen (secondary N) is 1. The molecule has 5 nitrogen and oxygen atoms in total. The Morgan fingerprint density at radius 1 is 0.944 bits per heavy atom. The van der Waals surface area contributed by atoms with Crippen molar-refractivity contribution < 1.29 is 0 Å². The van der Waals surface area contributed by atoms with E-state index >= 15 is 0 Å². The lowest BCUT2D eigenvalue weighted by Gasteiger charge is -2.06. The van der Waals surface area contributed by atoms with E-state index in [-0.39, 0.29) is 0 Å². The Morgan fingerprint density at radius 3 is 2.61 bits per heavy atom. The number of halogens is 1. The molecule has 1 aromatic carbocycles. The summed E-state index contributed by atoms with van der Waals surface area (Å²) in [5.41, 5.74) is 2.27. The monoisotopic (exact) mass is 257 g/mol. The number of rotatable bonds is 2. The molecule has 2 heterocycles. The van der Waals surface area contributed by atoms with Gasteiger partial charge in [0.2, 0.25) is 0 Å². The van der Waals surface area contributed by atoms with Crippen molar-refractivity contribution in [3.8, 4) is 0 Å². The normalized spacial score (nSPS) is 10.5. The summed E-state index contributed by atoms with van der Waals surface area (Å²) < 4.78 is 0. The molecule has 1 N–H and O–H groups in total. The van der Waals surface area contributed by atoms with Crippen molar-refractivity contribution in [2.45, 2.75) is 0 Å². The van der Waals surface area contributed by atoms with Crippen LogP contribution in [-0.2, 0) is 0 Å². The summed E-state index contributed by atoms with van der Waals surface area (Å²) in [4.78, 5) is 16.4. The number of anilines is 2. The summed E-state index contributed by atoms with van der Waals surface area (Å²) in [5, 5.41) is 3.86. The maximum atomic E-state index is 5.84. The van der Waals surface area contributed by atoms with Gasteiger partial charge in [0.15, 0.2) is 5.82 Å². The quantitative estimate of drug-likeness (QED) is 0.765. The first-order valence-corrected chi connectivity index (χ1v) is 5.64. The zero-order valence-electron chi connectivity index (χ0n) is 9.21. The molecule has 0 saturated heterocycles. The maximum absolute atomic E-state index is 5.84. The van der Waals surface area contributed by atoms with Crippen LogP contribution < -0.4 is 5.32 Å². The number of nitrogens with zero attached hydrogens (tertiary/aromatic N) is 4. The van der Waals surface area contributed by atoms with Crippen molar-refractivity contribution in [2.75, 3.05) is 5.32 Å². The molecule has 0 amide bonds. The average Bonchev–Trinajstić information content (AvgIpc) is 2.42. The van der Waals surface area contributed by atoms with Gasteiger partial charge in [-0.25, -0.2) is 19.9 Å². The summed E-state index contributed by atoms with van der Waals surface area (Å²) in [6.07, 6.45) is 4.60. The lowest BCUT2D eigenvalue weighted by Crippen LogP contribution is -1.97. The molecule has 3 aromatic rings. The Hall–Kier alpha value is -2.27. The van der Waals surface area contributed by atoms with Crippen molar-refractivity contribution >= 4 is 34.1 Å². The molecule has 88 valence electrons. The zero-order chi connectivity index (χ0) is 12.4. The van der Waals surface area contributed by atoms with Crippen molar-refractivity contribution in [3.63, 3.8) is 0 Å². The fraction of sp³-hybridized carbons (Fsp3) is 0. The van der Waals surface area contributed by atoms with Crippen LogP contribution in [0.1, 0.15) is 0 Å². The minimum Gasteiger partial charge on any atom is -0.338 e. The van der Waals surface area contributed by atoms with Crippen LogP contribution in [0.15, 0.2) is 43.1 Å². The van der Waals surface area contributed by atoms with E-state index in [1.54, 1.807) is 6.20 Å². The van der Waals surface area contributed by atoms with E-state index in [2.05, 4.69) is 25.3 Å². The van der Waals surface area contributed by atoms with Gasteiger partial charge in [-0.3, -0.25) is 0 Å². The first-order valence-electron chi connectivity index (χ1n) is 5.26. The van der Waals surface area contributed by atoms with Crippen LogP contribution in [0.4, 0.5) is 11.5 Å². The molecule has 0 bridgehead atoms. The second-order valence-corrected chi connectivity index (χ2v) is 4.05. The highest BCUT2D eigenvalue weighted by atomic mass is 35.5. The minimum atomic E-state index is 0.643. The third-order valence-corrected chi connectivity index (χ3v) is 2.66. The second-order valence-electron chi connectivity index (χ2n) is 3.61. The maximum Gasteiger partial charge on any atom is 0.160 e. The van der Waals surface area contributed by atoms with E-state index in [4.69, 9.17) is 11.6 Å². The largest absolute Gasteiger partial charge is 0.338 e. The second kappa shape index (κ2) is 4.54. The van der Waals surface area contributed by atoms with Gasteiger partial charge in [-0.2, -0.15) is 0 Å². The van der Waals surface area contributed by atoms with E-state index in [1.165, 1.54) is 12.7 Å². The summed E-state index contributed by atoms with van der Waals surface area (Å²) in [7, 11) is 0. The SMILES string of the molecule is Clc1ccc(Nc2ncnc3cncnc23)cc1. The molecule has 3 rings (SSSR count). The molecule has 0 aliphatic heterocycles. The molecule has 0 radical (unpaired) electrons. The third kappa shape index (κ3) is 2.08. The van der Waals surface area contributed by atoms with Gasteiger partial charge in [-0.05, 0) is 24.3 Å². The van der Waals surface area contributed by atoms with Crippen molar-refractivity contribution in [2.24, 2.45) is 0 Å². The van der Waals surface area contributed by atoms with Gasteiger partial charge in [0.1, 0.15) is 23.7 Å². The third-order valence-electron chi connectivity index (χ3n) is 2.41. The first-order chi connectivity index (χ1) is 8.83. The van der Waals surface area contributed by atoms with Crippen LogP contribution in [0.5, 0.6) is 0 Å². The molecule has 0 saturated carbocycles. The Balaban J connectivity index is 2.02. The fourth-order valence-corrected chi connectivity index (χ4v) is 1.70. The molecule has 0 aliphatic carbocycles. The van der Waals surface area contributed by atoms with E-state index in [0.29, 0.717) is 21.9 Å². The number of hydrogen-bond donors (Lipinski definition) is 1. The number of fused-ring (bicyclic) bond motifs is 1. The summed E-state index contributed by atoms with van der Waals surface area (Å²) in [6.45, 7) is 0. The van der Waals surface area contributed by atoms with Gasteiger partial charge in [0.25, 0.3) is 0 Å². The number of benzene rings is 1. The van der Waals surface area contributed by atoms with Gasteiger partial charge >= 0.3 is 0 Å². The molecule has 0 aliphatic rings. The molecule has 2 aromatic heterocycles. The Bertz CT molecular complexity index is 678. The zero-order valence-corrected chi connectivity index (χ0v) is 9.96. The first kappa shape index (κ1) is 10.9. The topological polar surface area (TPSA) is 63.6 Å². The van der Waals surface area contributed by atoms with Gasteiger partial charge in [-0.1, -0.05) is 11.6 Å². The van der Waals surface area contributed by atoms with Crippen LogP contribution >= 0.6 is 11.6 Å². The Morgan fingerprint density at radius 2 is 1.78 bits per heavy atom. The molecule has 18 heavy (non-hydrogen) atoms. The fourth-order valence-electron chi connectivity index (χ4n) is 1.57. The highest BCUT2D eigenvalue weighted by molar-refractivity contribution is 6.30. The van der Waals surface area contributed by atoms with E-state index in [0.717, 1.165) is 5.69 Å². The van der Waals surface area contributed by atoms with Gasteiger partial charge in [0, 0.05) is 10.7 Å². The number of aromatic nitrogens is 4. The summed E-state index contributed by atoms with van der Waals surface area (Å²) in [6, 6.07) is 7.36. The van der Waals surface area contributed by atoms with Crippen LogP contribution in [0.3, 0.4) is 0 Å². The van der Waals surface area contributed by atoms with Crippen LogP contribution in [0.25, 0.3) is 11.0 Å². The van der Waals surface area contributed by atoms with E-state index in [1.807, 2.05) is 24.3 Å². The highest BCUT2D eigenvalue weighted by Crippen LogP contribution is 2.21. The highest BCUT2D eigenvalue weighted by Gasteiger charge is 2.04.